The van der Waals surface area contributed by atoms with Crippen LogP contribution in [0.25, 0.3) is 11.3 Å². The van der Waals surface area contributed by atoms with E-state index in [1.165, 1.54) is 4.90 Å². The zero-order valence-corrected chi connectivity index (χ0v) is 11.3. The summed E-state index contributed by atoms with van der Waals surface area (Å²) < 4.78 is 0.622. The average molecular weight is 295 g/mol. The first-order chi connectivity index (χ1) is 7.79. The van der Waals surface area contributed by atoms with E-state index in [4.69, 9.17) is 0 Å². The molecular weight excluding hydrogens is 284 g/mol. The van der Waals surface area contributed by atoms with Gasteiger partial charge in [-0.3, -0.25) is 0 Å². The second-order valence-electron chi connectivity index (χ2n) is 3.17. The van der Waals surface area contributed by atoms with Crippen LogP contribution in [0.15, 0.2) is 46.2 Å². The van der Waals surface area contributed by atoms with E-state index in [0.717, 1.165) is 17.0 Å². The SMILES string of the molecule is CCSc1ccc(-c2ccnc(Br)n2)cc1. The molecule has 0 bridgehead atoms. The number of halogens is 1. The summed E-state index contributed by atoms with van der Waals surface area (Å²) >= 11 is 5.11. The fourth-order valence-electron chi connectivity index (χ4n) is 1.38. The second kappa shape index (κ2) is 5.46. The Morgan fingerprint density at radius 1 is 1.19 bits per heavy atom. The first-order valence-electron chi connectivity index (χ1n) is 5.01. The molecule has 0 unspecified atom stereocenters. The van der Waals surface area contributed by atoms with Gasteiger partial charge in [0.25, 0.3) is 0 Å². The number of aromatic nitrogens is 2. The topological polar surface area (TPSA) is 25.8 Å². The zero-order chi connectivity index (χ0) is 11.4. The highest BCUT2D eigenvalue weighted by molar-refractivity contribution is 9.10. The maximum Gasteiger partial charge on any atom is 0.197 e. The molecule has 0 aliphatic rings. The first kappa shape index (κ1) is 11.6. The molecule has 1 aromatic carbocycles. The van der Waals surface area contributed by atoms with Crippen LogP contribution in [-0.2, 0) is 0 Å². The summed E-state index contributed by atoms with van der Waals surface area (Å²) in [6.45, 7) is 2.15. The van der Waals surface area contributed by atoms with Gasteiger partial charge in [0.05, 0.1) is 5.69 Å². The minimum absolute atomic E-state index is 0.622. The Hall–Kier alpha value is -0.870. The largest absolute Gasteiger partial charge is 0.231 e. The first-order valence-corrected chi connectivity index (χ1v) is 6.79. The lowest BCUT2D eigenvalue weighted by Gasteiger charge is -2.02. The lowest BCUT2D eigenvalue weighted by Crippen LogP contribution is -1.86. The Bertz CT molecular complexity index is 471. The summed E-state index contributed by atoms with van der Waals surface area (Å²) in [5.74, 6) is 1.10. The summed E-state index contributed by atoms with van der Waals surface area (Å²) in [6, 6.07) is 10.3. The molecule has 1 heterocycles. The maximum absolute atomic E-state index is 4.32. The Labute approximate surface area is 108 Å². The summed E-state index contributed by atoms with van der Waals surface area (Å²) in [5.41, 5.74) is 2.05. The van der Waals surface area contributed by atoms with Crippen molar-refractivity contribution in [3.05, 3.63) is 41.3 Å². The van der Waals surface area contributed by atoms with Crippen molar-refractivity contribution in [1.82, 2.24) is 9.97 Å². The highest BCUT2D eigenvalue weighted by Gasteiger charge is 2.00. The molecule has 0 saturated carbocycles. The van der Waals surface area contributed by atoms with Crippen molar-refractivity contribution in [3.8, 4) is 11.3 Å². The van der Waals surface area contributed by atoms with Crippen molar-refractivity contribution in [2.24, 2.45) is 0 Å². The van der Waals surface area contributed by atoms with Crippen molar-refractivity contribution in [1.29, 1.82) is 0 Å². The van der Waals surface area contributed by atoms with Crippen LogP contribution in [0.1, 0.15) is 6.92 Å². The van der Waals surface area contributed by atoms with Gasteiger partial charge in [-0.25, -0.2) is 9.97 Å². The Morgan fingerprint density at radius 2 is 1.94 bits per heavy atom. The monoisotopic (exact) mass is 294 g/mol. The molecule has 16 heavy (non-hydrogen) atoms. The molecule has 0 aliphatic carbocycles. The summed E-state index contributed by atoms with van der Waals surface area (Å²) in [4.78, 5) is 9.62. The molecule has 0 radical (unpaired) electrons. The van der Waals surface area contributed by atoms with Gasteiger partial charge < -0.3 is 0 Å². The molecule has 2 aromatic rings. The third kappa shape index (κ3) is 2.83. The van der Waals surface area contributed by atoms with Gasteiger partial charge in [-0.1, -0.05) is 19.1 Å². The van der Waals surface area contributed by atoms with Gasteiger partial charge in [0, 0.05) is 16.7 Å². The van der Waals surface area contributed by atoms with E-state index >= 15 is 0 Å². The predicted octanol–water partition coefficient (Wildman–Crippen LogP) is 4.02. The Balaban J connectivity index is 2.27. The Kier molecular flexibility index (Phi) is 3.96. The molecule has 1 aromatic heterocycles. The lowest BCUT2D eigenvalue weighted by molar-refractivity contribution is 1.12. The summed E-state index contributed by atoms with van der Waals surface area (Å²) in [7, 11) is 0. The van der Waals surface area contributed by atoms with Crippen molar-refractivity contribution >= 4 is 27.7 Å². The van der Waals surface area contributed by atoms with E-state index in [9.17, 15) is 0 Å². The molecule has 82 valence electrons. The predicted molar refractivity (Wildman–Crippen MR) is 71.6 cm³/mol. The van der Waals surface area contributed by atoms with E-state index in [0.29, 0.717) is 4.73 Å². The molecule has 4 heteroatoms. The molecule has 0 aliphatic heterocycles. The molecular formula is C12H11BrN2S. The molecule has 2 rings (SSSR count). The summed E-state index contributed by atoms with van der Waals surface area (Å²) in [6.07, 6.45) is 1.75. The van der Waals surface area contributed by atoms with E-state index in [1.54, 1.807) is 6.20 Å². The quantitative estimate of drug-likeness (QED) is 0.632. The van der Waals surface area contributed by atoms with Crippen molar-refractivity contribution in [2.75, 3.05) is 5.75 Å². The third-order valence-corrected chi connectivity index (χ3v) is 3.36. The molecule has 0 N–H and O–H groups in total. The van der Waals surface area contributed by atoms with Crippen molar-refractivity contribution < 1.29 is 0 Å². The van der Waals surface area contributed by atoms with Crippen LogP contribution in [0, 0.1) is 0 Å². The van der Waals surface area contributed by atoms with Crippen LogP contribution >= 0.6 is 27.7 Å². The van der Waals surface area contributed by atoms with Crippen LogP contribution in [-0.4, -0.2) is 15.7 Å². The number of thioether (sulfide) groups is 1. The molecule has 0 fully saturated rings. The molecule has 0 spiro atoms. The molecule has 2 nitrogen and oxygen atoms in total. The van der Waals surface area contributed by atoms with Gasteiger partial charge in [0.2, 0.25) is 0 Å². The van der Waals surface area contributed by atoms with Crippen LogP contribution in [0.5, 0.6) is 0 Å². The summed E-state index contributed by atoms with van der Waals surface area (Å²) in [5, 5.41) is 0. The Morgan fingerprint density at radius 3 is 2.56 bits per heavy atom. The fourth-order valence-corrected chi connectivity index (χ4v) is 2.36. The number of rotatable bonds is 3. The van der Waals surface area contributed by atoms with E-state index in [2.05, 4.69) is 57.1 Å². The smallest absolute Gasteiger partial charge is 0.197 e. The average Bonchev–Trinajstić information content (AvgIpc) is 2.30. The standard InChI is InChI=1S/C12H11BrN2S/c1-2-16-10-5-3-9(4-6-10)11-7-8-14-12(13)15-11/h3-8H,2H2,1H3. The third-order valence-electron chi connectivity index (χ3n) is 2.09. The number of nitrogens with zero attached hydrogens (tertiary/aromatic N) is 2. The van der Waals surface area contributed by atoms with Gasteiger partial charge in [0.15, 0.2) is 4.73 Å². The molecule has 0 saturated heterocycles. The van der Waals surface area contributed by atoms with Crippen molar-refractivity contribution in [2.45, 2.75) is 11.8 Å². The zero-order valence-electron chi connectivity index (χ0n) is 8.85. The lowest BCUT2D eigenvalue weighted by atomic mass is 10.1. The fraction of sp³-hybridized carbons (Fsp3) is 0.167. The van der Waals surface area contributed by atoms with Crippen LogP contribution in [0.3, 0.4) is 0 Å². The van der Waals surface area contributed by atoms with E-state index in [1.807, 2.05) is 17.8 Å². The highest BCUT2D eigenvalue weighted by Crippen LogP contribution is 2.23. The molecule has 0 amide bonds. The highest BCUT2D eigenvalue weighted by atomic mass is 79.9. The van der Waals surface area contributed by atoms with Crippen LogP contribution in [0.2, 0.25) is 0 Å². The number of benzene rings is 1. The molecule has 0 atom stereocenters. The number of hydrogen-bond acceptors (Lipinski definition) is 3. The van der Waals surface area contributed by atoms with Gasteiger partial charge in [-0.15, -0.1) is 11.8 Å². The minimum Gasteiger partial charge on any atom is -0.231 e. The minimum atomic E-state index is 0.622. The van der Waals surface area contributed by atoms with E-state index < -0.39 is 0 Å². The van der Waals surface area contributed by atoms with Gasteiger partial charge in [-0.05, 0) is 39.9 Å². The van der Waals surface area contributed by atoms with Gasteiger partial charge >= 0.3 is 0 Å². The normalized spacial score (nSPS) is 10.4. The van der Waals surface area contributed by atoms with Crippen molar-refractivity contribution in [3.63, 3.8) is 0 Å². The van der Waals surface area contributed by atoms with Crippen LogP contribution < -0.4 is 0 Å². The second-order valence-corrected chi connectivity index (χ2v) is 5.22. The van der Waals surface area contributed by atoms with Crippen LogP contribution in [0.4, 0.5) is 0 Å². The van der Waals surface area contributed by atoms with E-state index in [-0.39, 0.29) is 0 Å². The van der Waals surface area contributed by atoms with Gasteiger partial charge in [-0.2, -0.15) is 0 Å². The maximum atomic E-state index is 4.32. The number of hydrogen-bond donors (Lipinski definition) is 0. The van der Waals surface area contributed by atoms with Gasteiger partial charge in [0.1, 0.15) is 0 Å².